The Bertz CT molecular complexity index is 1130. The van der Waals surface area contributed by atoms with Crippen LogP contribution in [0, 0.1) is 5.82 Å². The Labute approximate surface area is 182 Å². The fraction of sp³-hybridized carbons (Fsp3) is 0.208. The molecule has 0 saturated carbocycles. The van der Waals surface area contributed by atoms with Gasteiger partial charge in [0, 0.05) is 19.3 Å². The smallest absolute Gasteiger partial charge is 0.261 e. The highest BCUT2D eigenvalue weighted by Gasteiger charge is 2.15. The largest absolute Gasteiger partial charge is 0.341 e. The van der Waals surface area contributed by atoms with Gasteiger partial charge in [0.05, 0.1) is 11.3 Å². The topological polar surface area (TPSA) is 66.5 Å². The lowest BCUT2D eigenvalue weighted by Crippen LogP contribution is -2.27. The van der Waals surface area contributed by atoms with Crippen molar-refractivity contribution in [1.29, 1.82) is 0 Å². The minimum Gasteiger partial charge on any atom is -0.341 e. The van der Waals surface area contributed by atoms with Gasteiger partial charge in [0.1, 0.15) is 5.82 Å². The quantitative estimate of drug-likeness (QED) is 0.565. The number of benzene rings is 3. The molecule has 0 heterocycles. The van der Waals surface area contributed by atoms with Crippen LogP contribution in [-0.2, 0) is 34.2 Å². The number of halogens is 1. The summed E-state index contributed by atoms with van der Waals surface area (Å²) in [5, 5.41) is 0. The van der Waals surface area contributed by atoms with Crippen molar-refractivity contribution in [3.05, 3.63) is 95.3 Å². The van der Waals surface area contributed by atoms with Gasteiger partial charge in [0.15, 0.2) is 0 Å². The van der Waals surface area contributed by atoms with Crippen LogP contribution in [0.5, 0.6) is 0 Å². The molecule has 1 N–H and O–H groups in total. The Morgan fingerprint density at radius 2 is 1.42 bits per heavy atom. The first-order valence-corrected chi connectivity index (χ1v) is 11.4. The van der Waals surface area contributed by atoms with Crippen molar-refractivity contribution in [3.63, 3.8) is 0 Å². The first-order valence-electron chi connectivity index (χ1n) is 9.96. The summed E-state index contributed by atoms with van der Waals surface area (Å²) in [4.78, 5) is 14.2. The predicted octanol–water partition coefficient (Wildman–Crippen LogP) is 4.39. The molecule has 0 saturated heterocycles. The highest BCUT2D eigenvalue weighted by atomic mass is 32.2. The Morgan fingerprint density at radius 1 is 0.871 bits per heavy atom. The molecule has 0 aromatic heterocycles. The SMILES string of the molecule is CCc1ccc(CN(C)C(=O)Cc2ccc(NS(=O)(=O)c3ccc(F)cc3)cc2)cc1. The Morgan fingerprint density at radius 3 is 2.00 bits per heavy atom. The minimum absolute atomic E-state index is 0.0262. The van der Waals surface area contributed by atoms with Gasteiger partial charge in [-0.3, -0.25) is 9.52 Å². The van der Waals surface area contributed by atoms with Crippen LogP contribution in [0.4, 0.5) is 10.1 Å². The number of hydrogen-bond acceptors (Lipinski definition) is 3. The van der Waals surface area contributed by atoms with Crippen molar-refractivity contribution in [2.24, 2.45) is 0 Å². The lowest BCUT2D eigenvalue weighted by atomic mass is 10.1. The van der Waals surface area contributed by atoms with Crippen molar-refractivity contribution >= 4 is 21.6 Å². The van der Waals surface area contributed by atoms with Crippen LogP contribution in [0.3, 0.4) is 0 Å². The van der Waals surface area contributed by atoms with Crippen LogP contribution in [0.1, 0.15) is 23.6 Å². The number of amides is 1. The summed E-state index contributed by atoms with van der Waals surface area (Å²) in [5.41, 5.74) is 3.47. The number of hydrogen-bond donors (Lipinski definition) is 1. The van der Waals surface area contributed by atoms with Gasteiger partial charge in [-0.15, -0.1) is 0 Å². The zero-order chi connectivity index (χ0) is 22.4. The van der Waals surface area contributed by atoms with Gasteiger partial charge in [-0.2, -0.15) is 0 Å². The summed E-state index contributed by atoms with van der Waals surface area (Å²) in [6, 6.07) is 19.4. The van der Waals surface area contributed by atoms with Gasteiger partial charge < -0.3 is 4.90 Å². The molecular formula is C24H25FN2O3S. The second-order valence-electron chi connectivity index (χ2n) is 7.35. The molecule has 0 unspecified atom stereocenters. The van der Waals surface area contributed by atoms with Crippen molar-refractivity contribution in [2.45, 2.75) is 31.2 Å². The maximum Gasteiger partial charge on any atom is 0.261 e. The average Bonchev–Trinajstić information content (AvgIpc) is 2.75. The standard InChI is InChI=1S/C24H25FN2O3S/c1-3-18-4-6-20(7-5-18)17-27(2)24(28)16-19-8-12-22(13-9-19)26-31(29,30)23-14-10-21(25)11-15-23/h4-15,26H,3,16-17H2,1-2H3. The third-order valence-corrected chi connectivity index (χ3v) is 6.36. The number of sulfonamides is 1. The average molecular weight is 441 g/mol. The van der Waals surface area contributed by atoms with Crippen LogP contribution >= 0.6 is 0 Å². The first-order chi connectivity index (χ1) is 14.8. The van der Waals surface area contributed by atoms with Gasteiger partial charge in [-0.1, -0.05) is 43.3 Å². The van der Waals surface area contributed by atoms with Crippen molar-refractivity contribution in [2.75, 3.05) is 11.8 Å². The van der Waals surface area contributed by atoms with E-state index in [9.17, 15) is 17.6 Å². The van der Waals surface area contributed by atoms with E-state index < -0.39 is 15.8 Å². The summed E-state index contributed by atoms with van der Waals surface area (Å²) in [6.45, 7) is 2.63. The minimum atomic E-state index is -3.81. The number of nitrogens with zero attached hydrogens (tertiary/aromatic N) is 1. The van der Waals surface area contributed by atoms with Gasteiger partial charge >= 0.3 is 0 Å². The second-order valence-corrected chi connectivity index (χ2v) is 9.04. The summed E-state index contributed by atoms with van der Waals surface area (Å²) in [7, 11) is -2.05. The molecular weight excluding hydrogens is 415 g/mol. The zero-order valence-electron chi connectivity index (χ0n) is 17.5. The van der Waals surface area contributed by atoms with Crippen LogP contribution in [0.15, 0.2) is 77.7 Å². The van der Waals surface area contributed by atoms with E-state index in [4.69, 9.17) is 0 Å². The summed E-state index contributed by atoms with van der Waals surface area (Å²) < 4.78 is 40.2. The molecule has 0 fully saturated rings. The van der Waals surface area contributed by atoms with Crippen LogP contribution in [0.25, 0.3) is 0 Å². The number of carbonyl (C=O) groups is 1. The number of likely N-dealkylation sites (N-methyl/N-ethyl adjacent to an activating group) is 1. The fourth-order valence-electron chi connectivity index (χ4n) is 3.07. The molecule has 0 aliphatic rings. The molecule has 7 heteroatoms. The van der Waals surface area contributed by atoms with E-state index in [2.05, 4.69) is 23.8 Å². The molecule has 0 aliphatic carbocycles. The van der Waals surface area contributed by atoms with Crippen LogP contribution in [-0.4, -0.2) is 26.3 Å². The number of anilines is 1. The zero-order valence-corrected chi connectivity index (χ0v) is 18.3. The molecule has 0 atom stereocenters. The molecule has 5 nitrogen and oxygen atoms in total. The van der Waals surface area contributed by atoms with E-state index in [1.807, 2.05) is 12.1 Å². The van der Waals surface area contributed by atoms with Gasteiger partial charge in [-0.05, 0) is 59.5 Å². The molecule has 0 bridgehead atoms. The Kier molecular flexibility index (Phi) is 7.07. The third kappa shape index (κ3) is 6.15. The highest BCUT2D eigenvalue weighted by molar-refractivity contribution is 7.92. The maximum absolute atomic E-state index is 13.0. The normalized spacial score (nSPS) is 11.2. The number of aryl methyl sites for hydroxylation is 1. The molecule has 0 spiro atoms. The van der Waals surface area contributed by atoms with E-state index in [1.54, 1.807) is 36.2 Å². The molecule has 1 amide bonds. The van der Waals surface area contributed by atoms with Gasteiger partial charge in [0.25, 0.3) is 10.0 Å². The highest BCUT2D eigenvalue weighted by Crippen LogP contribution is 2.18. The summed E-state index contributed by atoms with van der Waals surface area (Å²) in [5.74, 6) is -0.532. The first kappa shape index (κ1) is 22.5. The summed E-state index contributed by atoms with van der Waals surface area (Å²) >= 11 is 0. The van der Waals surface area contributed by atoms with E-state index in [0.29, 0.717) is 12.2 Å². The molecule has 3 aromatic rings. The number of nitrogens with one attached hydrogen (secondary N) is 1. The molecule has 3 aromatic carbocycles. The lowest BCUT2D eigenvalue weighted by Gasteiger charge is -2.18. The van der Waals surface area contributed by atoms with Gasteiger partial charge in [0.2, 0.25) is 5.91 Å². The Balaban J connectivity index is 1.59. The monoisotopic (exact) mass is 440 g/mol. The van der Waals surface area contributed by atoms with E-state index >= 15 is 0 Å². The van der Waals surface area contributed by atoms with Crippen LogP contribution in [0.2, 0.25) is 0 Å². The number of rotatable bonds is 8. The van der Waals surface area contributed by atoms with Crippen molar-refractivity contribution in [1.82, 2.24) is 4.90 Å². The lowest BCUT2D eigenvalue weighted by molar-refractivity contribution is -0.129. The fourth-order valence-corrected chi connectivity index (χ4v) is 4.13. The Hall–Kier alpha value is -3.19. The predicted molar refractivity (Wildman–Crippen MR) is 120 cm³/mol. The summed E-state index contributed by atoms with van der Waals surface area (Å²) in [6.07, 6.45) is 1.19. The van der Waals surface area contributed by atoms with E-state index in [0.717, 1.165) is 29.7 Å². The number of carbonyl (C=O) groups excluding carboxylic acids is 1. The molecule has 31 heavy (non-hydrogen) atoms. The molecule has 0 aliphatic heterocycles. The van der Waals surface area contributed by atoms with Gasteiger partial charge in [-0.25, -0.2) is 12.8 Å². The van der Waals surface area contributed by atoms with Crippen molar-refractivity contribution < 1.29 is 17.6 Å². The van der Waals surface area contributed by atoms with Crippen molar-refractivity contribution in [3.8, 4) is 0 Å². The van der Waals surface area contributed by atoms with Crippen LogP contribution < -0.4 is 4.72 Å². The second kappa shape index (κ2) is 9.75. The maximum atomic E-state index is 13.0. The molecule has 3 rings (SSSR count). The van der Waals surface area contributed by atoms with E-state index in [-0.39, 0.29) is 17.2 Å². The third-order valence-electron chi connectivity index (χ3n) is 4.96. The molecule has 162 valence electrons. The van der Waals surface area contributed by atoms with E-state index in [1.165, 1.54) is 17.7 Å². The molecule has 0 radical (unpaired) electrons.